The minimum absolute atomic E-state index is 0. The van der Waals surface area contributed by atoms with E-state index >= 15 is 0 Å². The zero-order valence-electron chi connectivity index (χ0n) is 8.29. The van der Waals surface area contributed by atoms with Crippen molar-refractivity contribution >= 4 is 0 Å². The molecule has 0 heterocycles. The van der Waals surface area contributed by atoms with Gasteiger partial charge >= 0.3 is 0 Å². The first-order valence-electron chi connectivity index (χ1n) is 4.70. The molecule has 1 rings (SSSR count). The predicted molar refractivity (Wildman–Crippen MR) is 57.2 cm³/mol. The van der Waals surface area contributed by atoms with E-state index in [0.29, 0.717) is 6.04 Å². The Balaban J connectivity index is 0.00000169. The van der Waals surface area contributed by atoms with Gasteiger partial charge in [0.25, 0.3) is 0 Å². The normalized spacial score (nSPS) is 10.4. The first-order chi connectivity index (χ1) is 6.29. The molecule has 2 nitrogen and oxygen atoms in total. The molecule has 0 saturated carbocycles. The van der Waals surface area contributed by atoms with Crippen molar-refractivity contribution in [2.24, 2.45) is 0 Å². The van der Waals surface area contributed by atoms with Gasteiger partial charge in [0.05, 0.1) is 0 Å². The van der Waals surface area contributed by atoms with Gasteiger partial charge in [-0.25, -0.2) is 0 Å². The van der Waals surface area contributed by atoms with Gasteiger partial charge in [0.1, 0.15) is 12.4 Å². The maximum absolute atomic E-state index is 5.49. The van der Waals surface area contributed by atoms with Gasteiger partial charge in [0.15, 0.2) is 0 Å². The van der Waals surface area contributed by atoms with Gasteiger partial charge in [-0.2, -0.15) is 0 Å². The van der Waals surface area contributed by atoms with E-state index in [2.05, 4.69) is 19.2 Å². The van der Waals surface area contributed by atoms with Gasteiger partial charge in [0, 0.05) is 14.0 Å². The topological polar surface area (TPSA) is 21.3 Å². The molecule has 2 heteroatoms. The van der Waals surface area contributed by atoms with E-state index in [1.165, 1.54) is 0 Å². The van der Waals surface area contributed by atoms with Crippen LogP contribution >= 0.6 is 0 Å². The molecule has 0 bridgehead atoms. The smallest absolute Gasteiger partial charge is 0.119 e. The van der Waals surface area contributed by atoms with Crippen LogP contribution in [0.15, 0.2) is 30.3 Å². The van der Waals surface area contributed by atoms with E-state index in [1.807, 2.05) is 30.3 Å². The van der Waals surface area contributed by atoms with Crippen LogP contribution in [0.1, 0.15) is 15.3 Å². The van der Waals surface area contributed by atoms with Crippen molar-refractivity contribution in [1.82, 2.24) is 5.32 Å². The quantitative estimate of drug-likeness (QED) is 0.704. The van der Waals surface area contributed by atoms with Crippen LogP contribution < -0.4 is 10.1 Å². The largest absolute Gasteiger partial charge is 0.492 e. The fraction of sp³-hybridized carbons (Fsp3) is 0.455. The summed E-state index contributed by atoms with van der Waals surface area (Å²) < 4.78 is 5.49. The third-order valence-electron chi connectivity index (χ3n) is 1.67. The average molecular weight is 181 g/mol. The lowest BCUT2D eigenvalue weighted by Crippen LogP contribution is -2.27. The van der Waals surface area contributed by atoms with Crippen LogP contribution in [0, 0.1) is 0 Å². The minimum Gasteiger partial charge on any atom is -0.492 e. The van der Waals surface area contributed by atoms with Gasteiger partial charge in [0.2, 0.25) is 0 Å². The molecule has 1 aromatic carbocycles. The maximum Gasteiger partial charge on any atom is 0.119 e. The second-order valence-corrected chi connectivity index (χ2v) is 3.27. The van der Waals surface area contributed by atoms with Crippen LogP contribution in [0.25, 0.3) is 0 Å². The Hall–Kier alpha value is -1.02. The van der Waals surface area contributed by atoms with E-state index in [9.17, 15) is 0 Å². The molecule has 0 aliphatic heterocycles. The van der Waals surface area contributed by atoms with Crippen molar-refractivity contribution in [3.8, 4) is 5.75 Å². The van der Waals surface area contributed by atoms with Crippen molar-refractivity contribution in [3.63, 3.8) is 0 Å². The molecule has 0 aliphatic carbocycles. The van der Waals surface area contributed by atoms with Crippen LogP contribution in [-0.2, 0) is 0 Å². The summed E-state index contributed by atoms with van der Waals surface area (Å²) in [7, 11) is 0. The molecule has 0 saturated heterocycles. The van der Waals surface area contributed by atoms with Crippen LogP contribution in [0.2, 0.25) is 0 Å². The highest BCUT2D eigenvalue weighted by Crippen LogP contribution is 2.07. The number of hydrogen-bond acceptors (Lipinski definition) is 2. The molecule has 0 amide bonds. The fourth-order valence-electron chi connectivity index (χ4n) is 1.03. The summed E-state index contributed by atoms with van der Waals surface area (Å²) in [5.41, 5.74) is 0. The molecule has 1 aromatic rings. The van der Waals surface area contributed by atoms with Gasteiger partial charge in [-0.15, -0.1) is 0 Å². The molecule has 1 N–H and O–H groups in total. The van der Waals surface area contributed by atoms with E-state index in [0.717, 1.165) is 18.9 Å². The van der Waals surface area contributed by atoms with Crippen molar-refractivity contribution in [2.45, 2.75) is 19.9 Å². The van der Waals surface area contributed by atoms with Gasteiger partial charge in [-0.05, 0) is 12.1 Å². The summed E-state index contributed by atoms with van der Waals surface area (Å²) in [4.78, 5) is 0. The monoisotopic (exact) mass is 181 g/mol. The second kappa shape index (κ2) is 5.60. The van der Waals surface area contributed by atoms with Crippen molar-refractivity contribution < 1.29 is 6.16 Å². The highest BCUT2D eigenvalue weighted by molar-refractivity contribution is 5.20. The lowest BCUT2D eigenvalue weighted by atomic mass is 10.3. The number of nitrogens with one attached hydrogen (secondary N) is 1. The Morgan fingerprint density at radius 2 is 2.00 bits per heavy atom. The molecule has 0 aromatic heterocycles. The van der Waals surface area contributed by atoms with Crippen molar-refractivity contribution in [2.75, 3.05) is 13.2 Å². The third kappa shape index (κ3) is 4.53. The molecule has 0 radical (unpaired) electrons. The second-order valence-electron chi connectivity index (χ2n) is 3.27. The summed E-state index contributed by atoms with van der Waals surface area (Å²) in [6.45, 7) is 5.87. The lowest BCUT2D eigenvalue weighted by Gasteiger charge is -2.09. The molecule has 13 heavy (non-hydrogen) atoms. The molecular formula is C11H19NO. The van der Waals surface area contributed by atoms with Gasteiger partial charge in [-0.1, -0.05) is 32.0 Å². The SMILES string of the molecule is CC(C)NCCOc1ccccc1.[HH]. The Kier molecular flexibility index (Phi) is 4.33. The number of para-hydroxylation sites is 1. The van der Waals surface area contributed by atoms with Crippen molar-refractivity contribution in [3.05, 3.63) is 30.3 Å². The minimum atomic E-state index is 0. The summed E-state index contributed by atoms with van der Waals surface area (Å²) in [6.07, 6.45) is 0. The van der Waals surface area contributed by atoms with Gasteiger partial charge < -0.3 is 10.1 Å². The molecule has 0 unspecified atom stereocenters. The Bertz CT molecular complexity index is 226. The van der Waals surface area contributed by atoms with E-state index in [-0.39, 0.29) is 1.43 Å². The zero-order chi connectivity index (χ0) is 9.52. The molecule has 0 aliphatic rings. The van der Waals surface area contributed by atoms with E-state index in [4.69, 9.17) is 4.74 Å². The Morgan fingerprint density at radius 3 is 2.62 bits per heavy atom. The number of ether oxygens (including phenoxy) is 1. The molecule has 74 valence electrons. The molecule has 0 atom stereocenters. The van der Waals surface area contributed by atoms with Crippen LogP contribution in [0.5, 0.6) is 5.75 Å². The summed E-state index contributed by atoms with van der Waals surface area (Å²) in [5.74, 6) is 0.938. The number of rotatable bonds is 5. The maximum atomic E-state index is 5.49. The van der Waals surface area contributed by atoms with E-state index in [1.54, 1.807) is 0 Å². The highest BCUT2D eigenvalue weighted by Gasteiger charge is 1.92. The fourth-order valence-corrected chi connectivity index (χ4v) is 1.03. The summed E-state index contributed by atoms with van der Waals surface area (Å²) >= 11 is 0. The summed E-state index contributed by atoms with van der Waals surface area (Å²) in [6, 6.07) is 10.4. The average Bonchev–Trinajstić information content (AvgIpc) is 2.14. The van der Waals surface area contributed by atoms with Crippen LogP contribution in [0.4, 0.5) is 0 Å². The lowest BCUT2D eigenvalue weighted by molar-refractivity contribution is 0.309. The third-order valence-corrected chi connectivity index (χ3v) is 1.67. The Morgan fingerprint density at radius 1 is 1.31 bits per heavy atom. The molecular weight excluding hydrogens is 162 g/mol. The van der Waals surface area contributed by atoms with Crippen LogP contribution in [-0.4, -0.2) is 19.2 Å². The van der Waals surface area contributed by atoms with E-state index < -0.39 is 0 Å². The first kappa shape index (κ1) is 10.1. The predicted octanol–water partition coefficient (Wildman–Crippen LogP) is 2.31. The summed E-state index contributed by atoms with van der Waals surface area (Å²) in [5, 5.41) is 3.29. The van der Waals surface area contributed by atoms with Crippen LogP contribution in [0.3, 0.4) is 0 Å². The first-order valence-corrected chi connectivity index (χ1v) is 4.70. The Labute approximate surface area is 81.4 Å². The molecule has 0 spiro atoms. The van der Waals surface area contributed by atoms with Gasteiger partial charge in [-0.3, -0.25) is 0 Å². The zero-order valence-corrected chi connectivity index (χ0v) is 8.29. The van der Waals surface area contributed by atoms with Crippen molar-refractivity contribution in [1.29, 1.82) is 0 Å². The number of benzene rings is 1. The molecule has 0 fully saturated rings. The standard InChI is InChI=1S/C11H17NO.H2/c1-10(2)12-8-9-13-11-6-4-3-5-7-11;/h3-7,10,12H,8-9H2,1-2H3;1H. The highest BCUT2D eigenvalue weighted by atomic mass is 16.5. The number of hydrogen-bond donors (Lipinski definition) is 1.